The Morgan fingerprint density at radius 3 is 2.30 bits per heavy atom. The Labute approximate surface area is 119 Å². The van der Waals surface area contributed by atoms with E-state index in [0.717, 1.165) is 11.4 Å². The van der Waals surface area contributed by atoms with Crippen LogP contribution in [0.15, 0.2) is 54.7 Å². The molecule has 0 spiro atoms. The van der Waals surface area contributed by atoms with Gasteiger partial charge in [0.05, 0.1) is 11.4 Å². The van der Waals surface area contributed by atoms with E-state index in [0.29, 0.717) is 0 Å². The quantitative estimate of drug-likeness (QED) is 0.666. The van der Waals surface area contributed by atoms with Crippen molar-refractivity contribution in [2.75, 3.05) is 0 Å². The second-order valence-electron chi connectivity index (χ2n) is 5.25. The molecule has 0 unspecified atom stereocenters. The van der Waals surface area contributed by atoms with Crippen molar-refractivity contribution < 1.29 is 0 Å². The molecule has 0 bridgehead atoms. The van der Waals surface area contributed by atoms with E-state index in [-0.39, 0.29) is 0 Å². The van der Waals surface area contributed by atoms with Crippen molar-refractivity contribution in [3.05, 3.63) is 71.5 Å². The molecule has 0 aliphatic heterocycles. The van der Waals surface area contributed by atoms with E-state index in [4.69, 9.17) is 0 Å². The van der Waals surface area contributed by atoms with Crippen LogP contribution in [-0.2, 0) is 0 Å². The molecular weight excluding hydrogens is 244 g/mol. The lowest BCUT2D eigenvalue weighted by molar-refractivity contribution is 0.863. The van der Waals surface area contributed by atoms with Gasteiger partial charge in [0.2, 0.25) is 0 Å². The average Bonchev–Trinajstić information content (AvgIpc) is 2.89. The first-order valence-corrected chi connectivity index (χ1v) is 6.84. The maximum Gasteiger partial charge on any atom is 0.0651 e. The second kappa shape index (κ2) is 4.97. The second-order valence-corrected chi connectivity index (χ2v) is 5.25. The van der Waals surface area contributed by atoms with Gasteiger partial charge in [-0.15, -0.1) is 0 Å². The van der Waals surface area contributed by atoms with Gasteiger partial charge in [0.15, 0.2) is 0 Å². The number of hydrogen-bond donors (Lipinski definition) is 0. The minimum Gasteiger partial charge on any atom is -0.241 e. The van der Waals surface area contributed by atoms with Crippen molar-refractivity contribution in [1.82, 2.24) is 9.78 Å². The molecule has 0 fully saturated rings. The summed E-state index contributed by atoms with van der Waals surface area (Å²) in [5.41, 5.74) is 7.24. The zero-order valence-corrected chi connectivity index (χ0v) is 12.1. The van der Waals surface area contributed by atoms with Gasteiger partial charge in [-0.25, -0.2) is 4.68 Å². The summed E-state index contributed by atoms with van der Waals surface area (Å²) >= 11 is 0. The minimum absolute atomic E-state index is 1.03. The van der Waals surface area contributed by atoms with Gasteiger partial charge in [0.1, 0.15) is 0 Å². The molecule has 20 heavy (non-hydrogen) atoms. The Hall–Kier alpha value is -2.35. The fraction of sp³-hybridized carbons (Fsp3) is 0.167. The topological polar surface area (TPSA) is 17.8 Å². The maximum absolute atomic E-state index is 4.46. The Morgan fingerprint density at radius 1 is 0.800 bits per heavy atom. The predicted octanol–water partition coefficient (Wildman–Crippen LogP) is 4.46. The van der Waals surface area contributed by atoms with E-state index in [2.05, 4.69) is 61.4 Å². The molecule has 3 aromatic rings. The summed E-state index contributed by atoms with van der Waals surface area (Å²) in [7, 11) is 0. The van der Waals surface area contributed by atoms with Crippen molar-refractivity contribution in [3.8, 4) is 16.8 Å². The van der Waals surface area contributed by atoms with Gasteiger partial charge in [-0.2, -0.15) is 5.10 Å². The molecule has 0 saturated heterocycles. The predicted molar refractivity (Wildman–Crippen MR) is 83.2 cm³/mol. The first-order valence-electron chi connectivity index (χ1n) is 6.84. The first-order chi connectivity index (χ1) is 9.63. The van der Waals surface area contributed by atoms with Gasteiger partial charge >= 0.3 is 0 Å². The van der Waals surface area contributed by atoms with Crippen LogP contribution in [0.5, 0.6) is 0 Å². The van der Waals surface area contributed by atoms with Crippen LogP contribution in [0.4, 0.5) is 0 Å². The molecule has 3 rings (SSSR count). The van der Waals surface area contributed by atoms with Crippen molar-refractivity contribution >= 4 is 0 Å². The molecule has 0 N–H and O–H groups in total. The molecule has 0 aliphatic rings. The van der Waals surface area contributed by atoms with E-state index in [1.807, 2.05) is 23.9 Å². The lowest BCUT2D eigenvalue weighted by Crippen LogP contribution is -1.95. The third-order valence-electron chi connectivity index (χ3n) is 3.67. The van der Waals surface area contributed by atoms with Gasteiger partial charge in [0, 0.05) is 6.20 Å². The Bertz CT molecular complexity index is 754. The third-order valence-corrected chi connectivity index (χ3v) is 3.67. The molecular formula is C18H18N2. The highest BCUT2D eigenvalue weighted by Gasteiger charge is 2.03. The molecule has 0 radical (unpaired) electrons. The third kappa shape index (κ3) is 2.37. The highest BCUT2D eigenvalue weighted by Crippen LogP contribution is 2.24. The molecule has 0 atom stereocenters. The highest BCUT2D eigenvalue weighted by atomic mass is 15.3. The summed E-state index contributed by atoms with van der Waals surface area (Å²) < 4.78 is 1.92. The lowest BCUT2D eigenvalue weighted by atomic mass is 10.0. The summed E-state index contributed by atoms with van der Waals surface area (Å²) in [6.45, 7) is 6.30. The minimum atomic E-state index is 1.03. The van der Waals surface area contributed by atoms with Crippen LogP contribution in [0.25, 0.3) is 16.8 Å². The molecule has 100 valence electrons. The maximum atomic E-state index is 4.46. The van der Waals surface area contributed by atoms with Gasteiger partial charge in [-0.3, -0.25) is 0 Å². The molecule has 0 amide bonds. The van der Waals surface area contributed by atoms with Gasteiger partial charge in [-0.05, 0) is 61.2 Å². The average molecular weight is 262 g/mol. The number of benzene rings is 2. The molecule has 2 nitrogen and oxygen atoms in total. The highest BCUT2D eigenvalue weighted by molar-refractivity contribution is 5.67. The number of aryl methyl sites for hydroxylation is 3. The Morgan fingerprint density at radius 2 is 1.60 bits per heavy atom. The fourth-order valence-electron chi connectivity index (χ4n) is 2.31. The van der Waals surface area contributed by atoms with Crippen molar-refractivity contribution in [1.29, 1.82) is 0 Å². The smallest absolute Gasteiger partial charge is 0.0651 e. The molecule has 2 aromatic carbocycles. The normalized spacial score (nSPS) is 10.8. The first kappa shape index (κ1) is 12.7. The van der Waals surface area contributed by atoms with Gasteiger partial charge in [0.25, 0.3) is 0 Å². The zero-order chi connectivity index (χ0) is 14.1. The Kier molecular flexibility index (Phi) is 3.15. The summed E-state index contributed by atoms with van der Waals surface area (Å²) in [6, 6.07) is 17.1. The molecule has 0 aliphatic carbocycles. The lowest BCUT2D eigenvalue weighted by Gasteiger charge is -2.08. The summed E-state index contributed by atoms with van der Waals surface area (Å²) in [5, 5.41) is 4.46. The van der Waals surface area contributed by atoms with E-state index in [1.54, 1.807) is 0 Å². The number of nitrogens with zero attached hydrogens (tertiary/aromatic N) is 2. The Balaban J connectivity index is 2.04. The van der Waals surface area contributed by atoms with Crippen LogP contribution in [0.2, 0.25) is 0 Å². The molecule has 1 heterocycles. The molecule has 0 saturated carbocycles. The van der Waals surface area contributed by atoms with Crippen LogP contribution in [0, 0.1) is 20.8 Å². The van der Waals surface area contributed by atoms with Crippen LogP contribution < -0.4 is 0 Å². The number of hydrogen-bond acceptors (Lipinski definition) is 1. The van der Waals surface area contributed by atoms with E-state index < -0.39 is 0 Å². The van der Waals surface area contributed by atoms with Crippen molar-refractivity contribution in [2.24, 2.45) is 0 Å². The van der Waals surface area contributed by atoms with E-state index >= 15 is 0 Å². The SMILES string of the molecule is Cc1ccn(-c2cccc(-c3ccc(C)c(C)c3)c2)n1. The van der Waals surface area contributed by atoms with E-state index in [9.17, 15) is 0 Å². The summed E-state index contributed by atoms with van der Waals surface area (Å²) in [6.07, 6.45) is 1.99. The van der Waals surface area contributed by atoms with Crippen LogP contribution in [-0.4, -0.2) is 9.78 Å². The van der Waals surface area contributed by atoms with Crippen LogP contribution in [0.1, 0.15) is 16.8 Å². The van der Waals surface area contributed by atoms with Crippen molar-refractivity contribution in [2.45, 2.75) is 20.8 Å². The van der Waals surface area contributed by atoms with Gasteiger partial charge < -0.3 is 0 Å². The van der Waals surface area contributed by atoms with Crippen molar-refractivity contribution in [3.63, 3.8) is 0 Å². The molecule has 2 heteroatoms. The van der Waals surface area contributed by atoms with Crippen LogP contribution >= 0.6 is 0 Å². The largest absolute Gasteiger partial charge is 0.241 e. The van der Waals surface area contributed by atoms with Gasteiger partial charge in [-0.1, -0.05) is 30.3 Å². The summed E-state index contributed by atoms with van der Waals surface area (Å²) in [4.78, 5) is 0. The van der Waals surface area contributed by atoms with E-state index in [1.165, 1.54) is 22.3 Å². The molecule has 1 aromatic heterocycles. The van der Waals surface area contributed by atoms with Crippen LogP contribution in [0.3, 0.4) is 0 Å². The summed E-state index contributed by atoms with van der Waals surface area (Å²) in [5.74, 6) is 0. The standard InChI is InChI=1S/C18H18N2/c1-13-7-8-17(11-14(13)2)16-5-4-6-18(12-16)20-10-9-15(3)19-20/h4-12H,1-3H3. The number of aromatic nitrogens is 2. The zero-order valence-electron chi connectivity index (χ0n) is 12.1. The number of rotatable bonds is 2. The fourth-order valence-corrected chi connectivity index (χ4v) is 2.31. The monoisotopic (exact) mass is 262 g/mol.